The van der Waals surface area contributed by atoms with Gasteiger partial charge in [0.1, 0.15) is 29.0 Å². The summed E-state index contributed by atoms with van der Waals surface area (Å²) in [6.07, 6.45) is 2.57. The smallest absolute Gasteiger partial charge is 0.221 e. The second-order valence-corrected chi connectivity index (χ2v) is 11.2. The van der Waals surface area contributed by atoms with Crippen molar-refractivity contribution in [2.45, 2.75) is 36.7 Å². The van der Waals surface area contributed by atoms with Crippen molar-refractivity contribution in [1.82, 2.24) is 24.4 Å². The lowest BCUT2D eigenvalue weighted by atomic mass is 9.86. The highest BCUT2D eigenvalue weighted by Crippen LogP contribution is 2.37. The van der Waals surface area contributed by atoms with Crippen molar-refractivity contribution in [3.63, 3.8) is 0 Å². The molecule has 2 aliphatic heterocycles. The molecule has 0 aliphatic carbocycles. The van der Waals surface area contributed by atoms with Gasteiger partial charge >= 0.3 is 0 Å². The standard InChI is InChI=1S/C24H27F2N5O3S/c1-30-23(27-16-29-30)12-28-24(14-34-15-24)19-11-20(25)18(10-21(19)26)13-31-9-5-8-22(35(31,32)33)17-6-3-2-4-7-17/h2-4,6-7,10-11,16,22,28H,5,8-9,12-15H2,1H3/t22-/m1/s1. The summed E-state index contributed by atoms with van der Waals surface area (Å²) < 4.78 is 65.3. The van der Waals surface area contributed by atoms with Crippen molar-refractivity contribution in [3.8, 4) is 0 Å². The maximum absolute atomic E-state index is 15.3. The van der Waals surface area contributed by atoms with Crippen LogP contribution in [0.3, 0.4) is 0 Å². The molecular weight excluding hydrogens is 476 g/mol. The molecule has 35 heavy (non-hydrogen) atoms. The van der Waals surface area contributed by atoms with Gasteiger partial charge in [-0.25, -0.2) is 22.2 Å². The van der Waals surface area contributed by atoms with Gasteiger partial charge in [-0.15, -0.1) is 0 Å². The minimum Gasteiger partial charge on any atom is -0.377 e. The Bertz CT molecular complexity index is 1310. The molecule has 0 spiro atoms. The van der Waals surface area contributed by atoms with E-state index in [-0.39, 0.29) is 37.4 Å². The summed E-state index contributed by atoms with van der Waals surface area (Å²) in [5, 5.41) is 6.56. The third-order valence-electron chi connectivity index (χ3n) is 6.85. The van der Waals surface area contributed by atoms with E-state index in [1.165, 1.54) is 10.6 Å². The Hall–Kier alpha value is -2.73. The fourth-order valence-electron chi connectivity index (χ4n) is 4.74. The van der Waals surface area contributed by atoms with Crippen LogP contribution in [0.4, 0.5) is 8.78 Å². The van der Waals surface area contributed by atoms with Crippen LogP contribution in [0.5, 0.6) is 0 Å². The lowest BCUT2D eigenvalue weighted by Crippen LogP contribution is -2.57. The second-order valence-electron chi connectivity index (χ2n) is 9.07. The SMILES string of the molecule is Cn1ncnc1CNC1(c2cc(F)c(CN3CCC[C@H](c4ccccc4)S3(=O)=O)cc2F)COC1. The Balaban J connectivity index is 1.37. The van der Waals surface area contributed by atoms with Crippen molar-refractivity contribution in [2.24, 2.45) is 7.05 Å². The first kappa shape index (κ1) is 24.0. The van der Waals surface area contributed by atoms with E-state index >= 15 is 8.78 Å². The summed E-state index contributed by atoms with van der Waals surface area (Å²) in [6, 6.07) is 11.3. The molecule has 0 saturated carbocycles. The zero-order chi connectivity index (χ0) is 24.6. The van der Waals surface area contributed by atoms with Gasteiger partial charge in [0.15, 0.2) is 0 Å². The molecule has 0 bridgehead atoms. The first-order valence-corrected chi connectivity index (χ1v) is 13.0. The molecular formula is C24H27F2N5O3S. The van der Waals surface area contributed by atoms with E-state index in [0.29, 0.717) is 30.8 Å². The van der Waals surface area contributed by atoms with E-state index in [2.05, 4.69) is 15.4 Å². The lowest BCUT2D eigenvalue weighted by molar-refractivity contribution is -0.0817. The van der Waals surface area contributed by atoms with E-state index in [1.54, 1.807) is 36.0 Å². The second kappa shape index (κ2) is 9.38. The normalized spacial score (nSPS) is 21.5. The third-order valence-corrected chi connectivity index (χ3v) is 9.11. The zero-order valence-corrected chi connectivity index (χ0v) is 20.1. The average molecular weight is 504 g/mol. The van der Waals surface area contributed by atoms with Gasteiger partial charge < -0.3 is 4.74 Å². The summed E-state index contributed by atoms with van der Waals surface area (Å²) in [5.74, 6) is -0.605. The molecule has 2 aliphatic rings. The Kier molecular flexibility index (Phi) is 6.43. The Morgan fingerprint density at radius 1 is 1.17 bits per heavy atom. The number of sulfonamides is 1. The van der Waals surface area contributed by atoms with Crippen LogP contribution in [0.15, 0.2) is 48.8 Å². The fraction of sp³-hybridized carbons (Fsp3) is 0.417. The highest BCUT2D eigenvalue weighted by atomic mass is 32.2. The Morgan fingerprint density at radius 2 is 1.94 bits per heavy atom. The van der Waals surface area contributed by atoms with E-state index in [9.17, 15) is 8.42 Å². The van der Waals surface area contributed by atoms with Crippen LogP contribution in [-0.4, -0.2) is 47.2 Å². The van der Waals surface area contributed by atoms with E-state index in [0.717, 1.165) is 12.1 Å². The van der Waals surface area contributed by atoms with Gasteiger partial charge in [-0.2, -0.15) is 9.40 Å². The Labute approximate surface area is 203 Å². The van der Waals surface area contributed by atoms with Crippen molar-refractivity contribution in [2.75, 3.05) is 19.8 Å². The summed E-state index contributed by atoms with van der Waals surface area (Å²) in [6.45, 7) is 0.714. The lowest BCUT2D eigenvalue weighted by Gasteiger charge is -2.43. The summed E-state index contributed by atoms with van der Waals surface area (Å²) >= 11 is 0. The van der Waals surface area contributed by atoms with Crippen LogP contribution in [0.2, 0.25) is 0 Å². The van der Waals surface area contributed by atoms with Crippen molar-refractivity contribution >= 4 is 10.0 Å². The van der Waals surface area contributed by atoms with Gasteiger partial charge in [-0.3, -0.25) is 10.00 Å². The fourth-order valence-corrected chi connectivity index (χ4v) is 6.77. The van der Waals surface area contributed by atoms with E-state index in [1.807, 2.05) is 6.07 Å². The maximum Gasteiger partial charge on any atom is 0.221 e. The zero-order valence-electron chi connectivity index (χ0n) is 19.3. The van der Waals surface area contributed by atoms with E-state index < -0.39 is 32.4 Å². The molecule has 1 aromatic heterocycles. The topological polar surface area (TPSA) is 89.4 Å². The molecule has 11 heteroatoms. The van der Waals surface area contributed by atoms with Gasteiger partial charge in [0.2, 0.25) is 10.0 Å². The number of hydrogen-bond donors (Lipinski definition) is 1. The predicted molar refractivity (Wildman–Crippen MR) is 124 cm³/mol. The van der Waals surface area contributed by atoms with Gasteiger partial charge in [-0.1, -0.05) is 30.3 Å². The highest BCUT2D eigenvalue weighted by Gasteiger charge is 2.43. The largest absolute Gasteiger partial charge is 0.377 e. The minimum atomic E-state index is -3.72. The number of nitrogens with zero attached hydrogens (tertiary/aromatic N) is 4. The molecule has 186 valence electrons. The van der Waals surface area contributed by atoms with E-state index in [4.69, 9.17) is 4.74 Å². The molecule has 3 aromatic rings. The number of aryl methyl sites for hydroxylation is 1. The molecule has 5 rings (SSSR count). The Morgan fingerprint density at radius 3 is 2.60 bits per heavy atom. The van der Waals surface area contributed by atoms with Crippen LogP contribution >= 0.6 is 0 Å². The number of nitrogens with one attached hydrogen (secondary N) is 1. The van der Waals surface area contributed by atoms with Crippen molar-refractivity contribution in [3.05, 3.63) is 82.9 Å². The van der Waals surface area contributed by atoms with Crippen molar-refractivity contribution in [1.29, 1.82) is 0 Å². The molecule has 3 heterocycles. The predicted octanol–water partition coefficient (Wildman–Crippen LogP) is 2.78. The molecule has 2 aromatic carbocycles. The average Bonchev–Trinajstić information content (AvgIpc) is 3.22. The van der Waals surface area contributed by atoms with Crippen molar-refractivity contribution < 1.29 is 21.9 Å². The maximum atomic E-state index is 15.3. The first-order valence-electron chi connectivity index (χ1n) is 11.5. The minimum absolute atomic E-state index is 0.00669. The molecule has 2 fully saturated rings. The number of rotatable bonds is 7. The molecule has 1 atom stereocenters. The number of aromatic nitrogens is 3. The van der Waals surface area contributed by atoms with Crippen LogP contribution in [0.1, 0.15) is 40.6 Å². The number of hydrogen-bond acceptors (Lipinski definition) is 6. The summed E-state index contributed by atoms with van der Waals surface area (Å²) in [7, 11) is -1.97. The first-order chi connectivity index (χ1) is 16.8. The molecule has 0 unspecified atom stereocenters. The number of benzene rings is 2. The van der Waals surface area contributed by atoms with Crippen LogP contribution < -0.4 is 5.32 Å². The molecule has 0 radical (unpaired) electrons. The van der Waals surface area contributed by atoms with Crippen LogP contribution in [0.25, 0.3) is 0 Å². The summed E-state index contributed by atoms with van der Waals surface area (Å²) in [5.41, 5.74) is -0.0338. The van der Waals surface area contributed by atoms with Crippen LogP contribution in [-0.2, 0) is 40.4 Å². The molecule has 2 saturated heterocycles. The quantitative estimate of drug-likeness (QED) is 0.534. The van der Waals surface area contributed by atoms with Crippen LogP contribution in [0, 0.1) is 11.6 Å². The molecule has 0 amide bonds. The van der Waals surface area contributed by atoms with Gasteiger partial charge in [0.05, 0.1) is 25.3 Å². The molecule has 1 N–H and O–H groups in total. The number of ether oxygens (including phenoxy) is 1. The van der Waals surface area contributed by atoms with Gasteiger partial charge in [0, 0.05) is 31.3 Å². The van der Waals surface area contributed by atoms with Gasteiger partial charge in [0.25, 0.3) is 0 Å². The third kappa shape index (κ3) is 4.49. The molecule has 8 nitrogen and oxygen atoms in total. The van der Waals surface area contributed by atoms with Gasteiger partial charge in [-0.05, 0) is 30.5 Å². The highest BCUT2D eigenvalue weighted by molar-refractivity contribution is 7.89. The number of halogens is 2. The summed E-state index contributed by atoms with van der Waals surface area (Å²) in [4.78, 5) is 4.15. The monoisotopic (exact) mass is 503 g/mol.